The molecule has 1 saturated heterocycles. The number of hydrogen-bond donors (Lipinski definition) is 1. The molecule has 0 aromatic carbocycles. The molecule has 1 amide bonds. The molecule has 0 aliphatic carbocycles. The van der Waals surface area contributed by atoms with Gasteiger partial charge in [0.2, 0.25) is 5.89 Å². The van der Waals surface area contributed by atoms with Gasteiger partial charge in [0.1, 0.15) is 11.5 Å². The number of rotatable bonds is 5. The highest BCUT2D eigenvalue weighted by Crippen LogP contribution is 2.29. The van der Waals surface area contributed by atoms with Gasteiger partial charge >= 0.3 is 0 Å². The first-order valence-electron chi connectivity index (χ1n) is 10.1. The summed E-state index contributed by atoms with van der Waals surface area (Å²) in [5.74, 6) is 0.888. The second-order valence-electron chi connectivity index (χ2n) is 8.20. The maximum Gasteiger partial charge on any atom is 0.266 e. The second kappa shape index (κ2) is 8.06. The van der Waals surface area contributed by atoms with E-state index in [0.29, 0.717) is 42.0 Å². The van der Waals surface area contributed by atoms with Crippen LogP contribution in [0.25, 0.3) is 22.5 Å². The normalized spacial score (nSPS) is 16.8. The zero-order valence-corrected chi connectivity index (χ0v) is 17.4. The van der Waals surface area contributed by atoms with Crippen LogP contribution in [0.1, 0.15) is 32.6 Å². The molecule has 158 valence electrons. The number of anilines is 1. The predicted octanol–water partition coefficient (Wildman–Crippen LogP) is 3.39. The van der Waals surface area contributed by atoms with Crippen LogP contribution < -0.4 is 5.32 Å². The molecule has 3 aromatic rings. The van der Waals surface area contributed by atoms with Gasteiger partial charge in [0.15, 0.2) is 5.67 Å². The number of nitrogens with zero attached hydrogens (tertiary/aromatic N) is 5. The highest BCUT2D eigenvalue weighted by atomic mass is 19.1. The van der Waals surface area contributed by atoms with Crippen LogP contribution in [-0.2, 0) is 4.79 Å². The van der Waals surface area contributed by atoms with E-state index >= 15 is 4.39 Å². The topological polar surface area (TPSA) is 97.0 Å². The Morgan fingerprint density at radius 2 is 2.07 bits per heavy atom. The first kappa shape index (κ1) is 20.3. The van der Waals surface area contributed by atoms with Crippen molar-refractivity contribution < 1.29 is 13.6 Å². The Kier molecular flexibility index (Phi) is 5.46. The molecule has 0 saturated carbocycles. The predicted molar refractivity (Wildman–Crippen MR) is 111 cm³/mol. The first-order chi connectivity index (χ1) is 14.3. The number of carbonyl (C=O) groups excluding carboxylic acids is 1. The van der Waals surface area contributed by atoms with Crippen LogP contribution in [0.2, 0.25) is 0 Å². The standard InChI is InChI=1S/C21H25FN6O2/c1-13(2)12-28-8-6-21(22,7-9-28)20(29)25-18-10-17-15(11-23-18)4-5-16(24-17)19-27-26-14(3)30-19/h4-5,10-11,13H,6-9,12H2,1-3H3,(H,23,25,29). The Hall–Kier alpha value is -2.94. The van der Waals surface area contributed by atoms with Gasteiger partial charge in [-0.15, -0.1) is 10.2 Å². The van der Waals surface area contributed by atoms with Gasteiger partial charge < -0.3 is 14.6 Å². The summed E-state index contributed by atoms with van der Waals surface area (Å²) in [4.78, 5) is 23.6. The molecule has 0 bridgehead atoms. The molecule has 1 aliphatic rings. The van der Waals surface area contributed by atoms with Crippen molar-refractivity contribution in [3.63, 3.8) is 0 Å². The summed E-state index contributed by atoms with van der Waals surface area (Å²) in [6.07, 6.45) is 1.95. The molecule has 1 N–H and O–H groups in total. The van der Waals surface area contributed by atoms with E-state index in [4.69, 9.17) is 4.42 Å². The van der Waals surface area contributed by atoms with Gasteiger partial charge in [-0.2, -0.15) is 0 Å². The minimum absolute atomic E-state index is 0.179. The van der Waals surface area contributed by atoms with Gasteiger partial charge in [-0.1, -0.05) is 13.8 Å². The van der Waals surface area contributed by atoms with E-state index in [1.165, 1.54) is 0 Å². The number of nitrogens with one attached hydrogen (secondary N) is 1. The number of likely N-dealkylation sites (tertiary alicyclic amines) is 1. The largest absolute Gasteiger partial charge is 0.420 e. The van der Waals surface area contributed by atoms with Crippen molar-refractivity contribution in [3.05, 3.63) is 30.3 Å². The molecule has 4 rings (SSSR count). The maximum atomic E-state index is 15.3. The van der Waals surface area contributed by atoms with E-state index in [9.17, 15) is 4.79 Å². The van der Waals surface area contributed by atoms with E-state index in [0.717, 1.165) is 11.9 Å². The molecule has 9 heteroatoms. The molecule has 1 aliphatic heterocycles. The monoisotopic (exact) mass is 412 g/mol. The van der Waals surface area contributed by atoms with Crippen molar-refractivity contribution in [2.24, 2.45) is 5.92 Å². The number of alkyl halides is 1. The molecular formula is C21H25FN6O2. The van der Waals surface area contributed by atoms with Crippen molar-refractivity contribution >= 4 is 22.6 Å². The van der Waals surface area contributed by atoms with Crippen molar-refractivity contribution in [2.75, 3.05) is 25.0 Å². The molecule has 8 nitrogen and oxygen atoms in total. The molecule has 30 heavy (non-hydrogen) atoms. The minimum atomic E-state index is -1.89. The number of amides is 1. The third kappa shape index (κ3) is 4.30. The zero-order chi connectivity index (χ0) is 21.3. The van der Waals surface area contributed by atoms with E-state index in [2.05, 4.69) is 44.2 Å². The lowest BCUT2D eigenvalue weighted by Gasteiger charge is -2.36. The molecule has 0 radical (unpaired) electrons. The fourth-order valence-electron chi connectivity index (χ4n) is 3.67. The van der Waals surface area contributed by atoms with Crippen LogP contribution >= 0.6 is 0 Å². The van der Waals surface area contributed by atoms with Crippen molar-refractivity contribution in [2.45, 2.75) is 39.3 Å². The van der Waals surface area contributed by atoms with E-state index in [-0.39, 0.29) is 18.7 Å². The fourth-order valence-corrected chi connectivity index (χ4v) is 3.67. The first-order valence-corrected chi connectivity index (χ1v) is 10.1. The minimum Gasteiger partial charge on any atom is -0.420 e. The number of piperidine rings is 1. The van der Waals surface area contributed by atoms with Gasteiger partial charge in [-0.05, 0) is 18.1 Å². The molecule has 0 unspecified atom stereocenters. The lowest BCUT2D eigenvalue weighted by molar-refractivity contribution is -0.130. The van der Waals surface area contributed by atoms with Crippen LogP contribution in [0.15, 0.2) is 28.8 Å². The van der Waals surface area contributed by atoms with Crippen LogP contribution in [0.5, 0.6) is 0 Å². The number of carbonyl (C=O) groups is 1. The summed E-state index contributed by atoms with van der Waals surface area (Å²) in [5, 5.41) is 11.2. The Labute approximate surface area is 173 Å². The highest BCUT2D eigenvalue weighted by Gasteiger charge is 2.41. The van der Waals surface area contributed by atoms with Crippen molar-refractivity contribution in [1.82, 2.24) is 25.1 Å². The third-order valence-corrected chi connectivity index (χ3v) is 5.24. The molecule has 0 atom stereocenters. The Morgan fingerprint density at radius 3 is 2.73 bits per heavy atom. The van der Waals surface area contributed by atoms with Crippen LogP contribution in [0, 0.1) is 12.8 Å². The summed E-state index contributed by atoms with van der Waals surface area (Å²) in [6.45, 7) is 8.03. The number of hydrogen-bond acceptors (Lipinski definition) is 7. The van der Waals surface area contributed by atoms with Gasteiger partial charge in [0, 0.05) is 57.0 Å². The number of aryl methyl sites for hydroxylation is 1. The lowest BCUT2D eigenvalue weighted by Crippen LogP contribution is -2.49. The number of fused-ring (bicyclic) bond motifs is 1. The quantitative estimate of drug-likeness (QED) is 0.686. The SMILES string of the molecule is Cc1nnc(-c2ccc3cnc(NC(=O)C4(F)CCN(CC(C)C)CC4)cc3n2)o1. The second-order valence-corrected chi connectivity index (χ2v) is 8.20. The Morgan fingerprint density at radius 1 is 1.30 bits per heavy atom. The van der Waals surface area contributed by atoms with E-state index in [1.807, 2.05) is 6.07 Å². The van der Waals surface area contributed by atoms with Gasteiger partial charge in [0.25, 0.3) is 11.8 Å². The molecule has 1 fully saturated rings. The third-order valence-electron chi connectivity index (χ3n) is 5.24. The molecular weight excluding hydrogens is 387 g/mol. The average Bonchev–Trinajstić information content (AvgIpc) is 3.15. The summed E-state index contributed by atoms with van der Waals surface area (Å²) in [6, 6.07) is 5.21. The number of halogens is 1. The number of aromatic nitrogens is 4. The molecule has 0 spiro atoms. The van der Waals surface area contributed by atoms with Crippen molar-refractivity contribution in [1.29, 1.82) is 0 Å². The van der Waals surface area contributed by atoms with Gasteiger partial charge in [0.05, 0.1) is 5.52 Å². The van der Waals surface area contributed by atoms with Gasteiger partial charge in [-0.3, -0.25) is 4.79 Å². The molecule has 4 heterocycles. The fraction of sp³-hybridized carbons (Fsp3) is 0.476. The highest BCUT2D eigenvalue weighted by molar-refractivity contribution is 5.97. The summed E-state index contributed by atoms with van der Waals surface area (Å²) < 4.78 is 20.7. The zero-order valence-electron chi connectivity index (χ0n) is 17.4. The van der Waals surface area contributed by atoms with Gasteiger partial charge in [-0.25, -0.2) is 14.4 Å². The van der Waals surface area contributed by atoms with Crippen molar-refractivity contribution in [3.8, 4) is 11.6 Å². The van der Waals surface area contributed by atoms with E-state index < -0.39 is 11.6 Å². The van der Waals surface area contributed by atoms with Crippen LogP contribution in [0.4, 0.5) is 10.2 Å². The lowest BCUT2D eigenvalue weighted by atomic mass is 9.92. The van der Waals surface area contributed by atoms with Crippen LogP contribution in [0.3, 0.4) is 0 Å². The van der Waals surface area contributed by atoms with Crippen LogP contribution in [-0.4, -0.2) is 56.3 Å². The Bertz CT molecular complexity index is 1060. The smallest absolute Gasteiger partial charge is 0.266 e. The average molecular weight is 412 g/mol. The molecule has 3 aromatic heterocycles. The Balaban J connectivity index is 1.48. The summed E-state index contributed by atoms with van der Waals surface area (Å²) in [7, 11) is 0. The summed E-state index contributed by atoms with van der Waals surface area (Å²) in [5.41, 5.74) is -0.778. The maximum absolute atomic E-state index is 15.3. The number of pyridine rings is 2. The summed E-state index contributed by atoms with van der Waals surface area (Å²) >= 11 is 0. The van der Waals surface area contributed by atoms with E-state index in [1.54, 1.807) is 25.3 Å².